The molecule has 2 atom stereocenters. The van der Waals surface area contributed by atoms with Crippen molar-refractivity contribution in [3.05, 3.63) is 24.0 Å². The fourth-order valence-electron chi connectivity index (χ4n) is 1.20. The third-order valence-corrected chi connectivity index (χ3v) is 2.43. The molecular formula is C11H18N2O. The predicted molar refractivity (Wildman–Crippen MR) is 58.3 cm³/mol. The van der Waals surface area contributed by atoms with Crippen molar-refractivity contribution in [1.82, 2.24) is 4.98 Å². The van der Waals surface area contributed by atoms with Crippen molar-refractivity contribution in [2.75, 3.05) is 11.9 Å². The molecule has 1 aromatic rings. The molecule has 0 spiro atoms. The van der Waals surface area contributed by atoms with E-state index in [1.54, 1.807) is 6.20 Å². The van der Waals surface area contributed by atoms with Gasteiger partial charge in [0, 0.05) is 30.2 Å². The molecule has 0 saturated heterocycles. The van der Waals surface area contributed by atoms with Gasteiger partial charge in [-0.2, -0.15) is 0 Å². The highest BCUT2D eigenvalue weighted by Crippen LogP contribution is 2.12. The van der Waals surface area contributed by atoms with Gasteiger partial charge < -0.3 is 10.4 Å². The van der Waals surface area contributed by atoms with Gasteiger partial charge in [-0.1, -0.05) is 6.92 Å². The molecule has 1 aromatic heterocycles. The minimum absolute atomic E-state index is 0.207. The first-order valence-corrected chi connectivity index (χ1v) is 4.93. The van der Waals surface area contributed by atoms with Crippen LogP contribution in [-0.2, 0) is 0 Å². The van der Waals surface area contributed by atoms with Gasteiger partial charge in [-0.05, 0) is 31.9 Å². The van der Waals surface area contributed by atoms with Crippen molar-refractivity contribution in [3.63, 3.8) is 0 Å². The maximum atomic E-state index is 8.99. The number of rotatable bonds is 4. The summed E-state index contributed by atoms with van der Waals surface area (Å²) in [7, 11) is 0. The summed E-state index contributed by atoms with van der Waals surface area (Å²) in [6.07, 6.45) is 1.79. The number of nitrogens with one attached hydrogen (secondary N) is 1. The topological polar surface area (TPSA) is 45.1 Å². The first-order valence-electron chi connectivity index (χ1n) is 4.93. The number of aliphatic hydroxyl groups is 1. The number of anilines is 1. The van der Waals surface area contributed by atoms with E-state index in [4.69, 9.17) is 5.11 Å². The Balaban J connectivity index is 2.60. The van der Waals surface area contributed by atoms with Crippen LogP contribution in [0.1, 0.15) is 19.5 Å². The summed E-state index contributed by atoms with van der Waals surface area (Å²) < 4.78 is 0. The molecule has 3 nitrogen and oxygen atoms in total. The van der Waals surface area contributed by atoms with Gasteiger partial charge in [0.2, 0.25) is 0 Å². The Labute approximate surface area is 85.2 Å². The van der Waals surface area contributed by atoms with Gasteiger partial charge in [0.25, 0.3) is 0 Å². The lowest BCUT2D eigenvalue weighted by molar-refractivity contribution is 0.226. The van der Waals surface area contributed by atoms with Crippen LogP contribution in [0.4, 0.5) is 5.69 Å². The molecule has 0 amide bonds. The van der Waals surface area contributed by atoms with Gasteiger partial charge in [-0.15, -0.1) is 0 Å². The minimum Gasteiger partial charge on any atom is -0.396 e. The summed E-state index contributed by atoms with van der Waals surface area (Å²) in [5, 5.41) is 12.3. The lowest BCUT2D eigenvalue weighted by Crippen LogP contribution is -2.26. The van der Waals surface area contributed by atoms with E-state index in [2.05, 4.69) is 17.2 Å². The highest BCUT2D eigenvalue weighted by Gasteiger charge is 2.10. The molecule has 1 heterocycles. The van der Waals surface area contributed by atoms with E-state index >= 15 is 0 Å². The molecular weight excluding hydrogens is 176 g/mol. The standard InChI is InChI=1S/C11H18N2O/c1-8(7-14)10(3)13-11-4-5-12-9(2)6-11/h4-6,8,10,14H,7H2,1-3H3,(H,12,13). The highest BCUT2D eigenvalue weighted by atomic mass is 16.3. The molecule has 2 N–H and O–H groups in total. The SMILES string of the molecule is Cc1cc(NC(C)C(C)CO)ccn1. The van der Waals surface area contributed by atoms with E-state index in [-0.39, 0.29) is 18.6 Å². The zero-order valence-corrected chi connectivity index (χ0v) is 8.99. The second-order valence-electron chi connectivity index (χ2n) is 3.78. The lowest BCUT2D eigenvalue weighted by Gasteiger charge is -2.20. The van der Waals surface area contributed by atoms with Crippen molar-refractivity contribution < 1.29 is 5.11 Å². The second-order valence-corrected chi connectivity index (χ2v) is 3.78. The van der Waals surface area contributed by atoms with Crippen molar-refractivity contribution in [2.45, 2.75) is 26.8 Å². The first-order chi connectivity index (χ1) is 6.63. The van der Waals surface area contributed by atoms with E-state index in [9.17, 15) is 0 Å². The Kier molecular flexibility index (Phi) is 3.89. The van der Waals surface area contributed by atoms with Crippen LogP contribution < -0.4 is 5.32 Å². The van der Waals surface area contributed by atoms with Crippen LogP contribution >= 0.6 is 0 Å². The summed E-state index contributed by atoms with van der Waals surface area (Å²) in [6, 6.07) is 4.20. The van der Waals surface area contributed by atoms with Crippen molar-refractivity contribution in [3.8, 4) is 0 Å². The van der Waals surface area contributed by atoms with Crippen LogP contribution in [0, 0.1) is 12.8 Å². The predicted octanol–water partition coefficient (Wildman–Crippen LogP) is 1.82. The zero-order chi connectivity index (χ0) is 10.6. The van der Waals surface area contributed by atoms with E-state index in [0.29, 0.717) is 0 Å². The van der Waals surface area contributed by atoms with Gasteiger partial charge in [0.15, 0.2) is 0 Å². The summed E-state index contributed by atoms with van der Waals surface area (Å²) in [6.45, 7) is 6.26. The molecule has 0 bridgehead atoms. The summed E-state index contributed by atoms with van der Waals surface area (Å²) >= 11 is 0. The molecule has 2 unspecified atom stereocenters. The molecule has 78 valence electrons. The van der Waals surface area contributed by atoms with Crippen LogP contribution in [0.3, 0.4) is 0 Å². The monoisotopic (exact) mass is 194 g/mol. The van der Waals surface area contributed by atoms with Crippen LogP contribution in [0.25, 0.3) is 0 Å². The number of aryl methyl sites for hydroxylation is 1. The van der Waals surface area contributed by atoms with Gasteiger partial charge in [-0.3, -0.25) is 4.98 Å². The molecule has 0 aliphatic carbocycles. The molecule has 0 fully saturated rings. The summed E-state index contributed by atoms with van der Waals surface area (Å²) in [4.78, 5) is 4.12. The van der Waals surface area contributed by atoms with E-state index in [1.807, 2.05) is 26.0 Å². The summed E-state index contributed by atoms with van der Waals surface area (Å²) in [5.41, 5.74) is 2.06. The average molecular weight is 194 g/mol. The highest BCUT2D eigenvalue weighted by molar-refractivity contribution is 5.43. The third kappa shape index (κ3) is 3.00. The van der Waals surface area contributed by atoms with Crippen LogP contribution in [-0.4, -0.2) is 22.7 Å². The molecule has 0 aromatic carbocycles. The Bertz CT molecular complexity index is 288. The van der Waals surface area contributed by atoms with Gasteiger partial charge in [0.1, 0.15) is 0 Å². The van der Waals surface area contributed by atoms with Gasteiger partial charge in [-0.25, -0.2) is 0 Å². The first kappa shape index (κ1) is 11.0. The number of nitrogens with zero attached hydrogens (tertiary/aromatic N) is 1. The number of hydrogen-bond acceptors (Lipinski definition) is 3. The van der Waals surface area contributed by atoms with Crippen LogP contribution in [0.5, 0.6) is 0 Å². The van der Waals surface area contributed by atoms with E-state index < -0.39 is 0 Å². The fraction of sp³-hybridized carbons (Fsp3) is 0.545. The quantitative estimate of drug-likeness (QED) is 0.768. The summed E-state index contributed by atoms with van der Waals surface area (Å²) in [5.74, 6) is 0.253. The molecule has 14 heavy (non-hydrogen) atoms. The average Bonchev–Trinajstić information content (AvgIpc) is 2.16. The Morgan fingerprint density at radius 1 is 1.50 bits per heavy atom. The van der Waals surface area contributed by atoms with E-state index in [0.717, 1.165) is 11.4 Å². The van der Waals surface area contributed by atoms with Gasteiger partial charge in [0.05, 0.1) is 0 Å². The third-order valence-electron chi connectivity index (χ3n) is 2.43. The smallest absolute Gasteiger partial charge is 0.0476 e. The van der Waals surface area contributed by atoms with Crippen molar-refractivity contribution in [2.24, 2.45) is 5.92 Å². The van der Waals surface area contributed by atoms with Crippen LogP contribution in [0.2, 0.25) is 0 Å². The number of aromatic nitrogens is 1. The Morgan fingerprint density at radius 3 is 2.79 bits per heavy atom. The number of hydrogen-bond donors (Lipinski definition) is 2. The molecule has 0 aliphatic heterocycles. The maximum Gasteiger partial charge on any atom is 0.0476 e. The second kappa shape index (κ2) is 4.96. The van der Waals surface area contributed by atoms with Crippen molar-refractivity contribution >= 4 is 5.69 Å². The van der Waals surface area contributed by atoms with Crippen LogP contribution in [0.15, 0.2) is 18.3 Å². The lowest BCUT2D eigenvalue weighted by atomic mass is 10.1. The fourth-order valence-corrected chi connectivity index (χ4v) is 1.20. The minimum atomic E-state index is 0.207. The largest absolute Gasteiger partial charge is 0.396 e. The Hall–Kier alpha value is -1.09. The van der Waals surface area contributed by atoms with Gasteiger partial charge >= 0.3 is 0 Å². The molecule has 0 radical (unpaired) electrons. The number of pyridine rings is 1. The van der Waals surface area contributed by atoms with Crippen molar-refractivity contribution in [1.29, 1.82) is 0 Å². The molecule has 0 aliphatic rings. The Morgan fingerprint density at radius 2 is 2.21 bits per heavy atom. The maximum absolute atomic E-state index is 8.99. The number of aliphatic hydroxyl groups excluding tert-OH is 1. The zero-order valence-electron chi connectivity index (χ0n) is 8.99. The van der Waals surface area contributed by atoms with E-state index in [1.165, 1.54) is 0 Å². The molecule has 1 rings (SSSR count). The molecule has 0 saturated carbocycles. The normalized spacial score (nSPS) is 14.9. The molecule has 3 heteroatoms.